The molecular weight excluding hydrogens is 154 g/mol. The third kappa shape index (κ3) is 4.70. The maximum absolute atomic E-state index is 12.4. The minimum absolute atomic E-state index is 0.201. The SMILES string of the molecule is CCOC(=O)CC(F)C(C)F. The quantitative estimate of drug-likeness (QED) is 0.593. The Balaban J connectivity index is 3.57. The van der Waals surface area contributed by atoms with Crippen molar-refractivity contribution in [2.75, 3.05) is 6.61 Å². The Hall–Kier alpha value is -0.670. The van der Waals surface area contributed by atoms with Gasteiger partial charge in [0, 0.05) is 0 Å². The fraction of sp³-hybridized carbons (Fsp3) is 0.857. The van der Waals surface area contributed by atoms with E-state index in [-0.39, 0.29) is 6.61 Å². The smallest absolute Gasteiger partial charge is 0.308 e. The van der Waals surface area contributed by atoms with E-state index in [1.165, 1.54) is 0 Å². The van der Waals surface area contributed by atoms with Gasteiger partial charge in [-0.2, -0.15) is 0 Å². The van der Waals surface area contributed by atoms with Gasteiger partial charge in [-0.3, -0.25) is 4.79 Å². The van der Waals surface area contributed by atoms with Crippen LogP contribution in [0.15, 0.2) is 0 Å². The van der Waals surface area contributed by atoms with E-state index in [1.54, 1.807) is 6.92 Å². The molecule has 0 heterocycles. The minimum atomic E-state index is -1.74. The van der Waals surface area contributed by atoms with Gasteiger partial charge in [-0.05, 0) is 13.8 Å². The fourth-order valence-electron chi connectivity index (χ4n) is 0.542. The number of carbonyl (C=O) groups is 1. The lowest BCUT2D eigenvalue weighted by molar-refractivity contribution is -0.145. The van der Waals surface area contributed by atoms with Crippen LogP contribution in [0.1, 0.15) is 20.3 Å². The first-order valence-electron chi connectivity index (χ1n) is 3.51. The van der Waals surface area contributed by atoms with E-state index < -0.39 is 24.7 Å². The highest BCUT2D eigenvalue weighted by Crippen LogP contribution is 2.08. The summed E-state index contributed by atoms with van der Waals surface area (Å²) in [4.78, 5) is 10.5. The molecule has 0 spiro atoms. The maximum Gasteiger partial charge on any atom is 0.308 e. The van der Waals surface area contributed by atoms with Crippen molar-refractivity contribution in [3.05, 3.63) is 0 Å². The van der Waals surface area contributed by atoms with Gasteiger partial charge in [-0.1, -0.05) is 0 Å². The average Bonchev–Trinajstić information content (AvgIpc) is 1.87. The number of hydrogen-bond acceptors (Lipinski definition) is 2. The highest BCUT2D eigenvalue weighted by Gasteiger charge is 2.19. The van der Waals surface area contributed by atoms with Crippen LogP contribution in [0.25, 0.3) is 0 Å². The largest absolute Gasteiger partial charge is 0.466 e. The van der Waals surface area contributed by atoms with Gasteiger partial charge < -0.3 is 4.74 Å². The van der Waals surface area contributed by atoms with E-state index in [9.17, 15) is 13.6 Å². The van der Waals surface area contributed by atoms with Gasteiger partial charge >= 0.3 is 5.97 Å². The second-order valence-electron chi connectivity index (χ2n) is 2.20. The summed E-state index contributed by atoms with van der Waals surface area (Å²) in [5.74, 6) is -0.690. The van der Waals surface area contributed by atoms with Gasteiger partial charge in [-0.15, -0.1) is 0 Å². The average molecular weight is 166 g/mol. The summed E-state index contributed by atoms with van der Waals surface area (Å²) < 4.78 is 29.0. The number of hydrogen-bond donors (Lipinski definition) is 0. The standard InChI is InChI=1S/C7H12F2O2/c1-3-11-7(10)4-6(9)5(2)8/h5-6H,3-4H2,1-2H3. The van der Waals surface area contributed by atoms with Crippen molar-refractivity contribution < 1.29 is 18.3 Å². The Bertz CT molecular complexity index is 126. The third-order valence-corrected chi connectivity index (χ3v) is 1.17. The monoisotopic (exact) mass is 166 g/mol. The van der Waals surface area contributed by atoms with Crippen LogP contribution in [0, 0.1) is 0 Å². The number of halogens is 2. The van der Waals surface area contributed by atoms with Crippen molar-refractivity contribution in [3.8, 4) is 0 Å². The van der Waals surface area contributed by atoms with Crippen molar-refractivity contribution in [1.82, 2.24) is 0 Å². The summed E-state index contributed by atoms with van der Waals surface area (Å²) >= 11 is 0. The van der Waals surface area contributed by atoms with Crippen LogP contribution in [0.5, 0.6) is 0 Å². The van der Waals surface area contributed by atoms with E-state index in [0.717, 1.165) is 6.92 Å². The van der Waals surface area contributed by atoms with Gasteiger partial charge in [0.15, 0.2) is 0 Å². The molecule has 0 N–H and O–H groups in total. The lowest BCUT2D eigenvalue weighted by Crippen LogP contribution is -2.19. The Labute approximate surface area is 64.5 Å². The Kier molecular flexibility index (Phi) is 4.74. The Morgan fingerprint density at radius 3 is 2.45 bits per heavy atom. The zero-order valence-corrected chi connectivity index (χ0v) is 6.64. The first-order chi connectivity index (χ1) is 5.07. The molecule has 2 atom stereocenters. The van der Waals surface area contributed by atoms with E-state index in [0.29, 0.717) is 0 Å². The first kappa shape index (κ1) is 10.3. The lowest BCUT2D eigenvalue weighted by Gasteiger charge is -2.07. The van der Waals surface area contributed by atoms with E-state index in [4.69, 9.17) is 0 Å². The molecule has 0 bridgehead atoms. The van der Waals surface area contributed by atoms with Gasteiger partial charge in [0.1, 0.15) is 12.3 Å². The number of alkyl halides is 2. The summed E-state index contributed by atoms with van der Waals surface area (Å²) in [5, 5.41) is 0. The molecule has 0 aliphatic heterocycles. The molecule has 0 fully saturated rings. The maximum atomic E-state index is 12.4. The van der Waals surface area contributed by atoms with E-state index in [2.05, 4.69) is 4.74 Å². The van der Waals surface area contributed by atoms with Crippen LogP contribution < -0.4 is 0 Å². The zero-order chi connectivity index (χ0) is 8.85. The second-order valence-corrected chi connectivity index (χ2v) is 2.20. The lowest BCUT2D eigenvalue weighted by atomic mass is 10.2. The van der Waals surface area contributed by atoms with Crippen molar-refractivity contribution >= 4 is 5.97 Å². The molecule has 66 valence electrons. The Morgan fingerprint density at radius 1 is 1.55 bits per heavy atom. The summed E-state index contributed by atoms with van der Waals surface area (Å²) in [6.45, 7) is 2.89. The number of ether oxygens (including phenoxy) is 1. The summed E-state index contributed by atoms with van der Waals surface area (Å²) in [5.41, 5.74) is 0. The van der Waals surface area contributed by atoms with Crippen LogP contribution in [-0.4, -0.2) is 24.9 Å². The van der Waals surface area contributed by atoms with E-state index >= 15 is 0 Å². The van der Waals surface area contributed by atoms with Gasteiger partial charge in [-0.25, -0.2) is 8.78 Å². The molecule has 0 aromatic rings. The Morgan fingerprint density at radius 2 is 2.09 bits per heavy atom. The summed E-state index contributed by atoms with van der Waals surface area (Å²) in [7, 11) is 0. The van der Waals surface area contributed by atoms with Crippen LogP contribution in [0.4, 0.5) is 8.78 Å². The predicted molar refractivity (Wildman–Crippen MR) is 36.7 cm³/mol. The van der Waals surface area contributed by atoms with Gasteiger partial charge in [0.05, 0.1) is 13.0 Å². The van der Waals surface area contributed by atoms with Gasteiger partial charge in [0.25, 0.3) is 0 Å². The second kappa shape index (κ2) is 5.04. The molecular formula is C7H12F2O2. The predicted octanol–water partition coefficient (Wildman–Crippen LogP) is 1.64. The van der Waals surface area contributed by atoms with Crippen molar-refractivity contribution in [2.24, 2.45) is 0 Å². The number of carbonyl (C=O) groups excluding carboxylic acids is 1. The van der Waals surface area contributed by atoms with Crippen molar-refractivity contribution in [3.63, 3.8) is 0 Å². The van der Waals surface area contributed by atoms with Gasteiger partial charge in [0.2, 0.25) is 0 Å². The molecule has 11 heavy (non-hydrogen) atoms. The van der Waals surface area contributed by atoms with E-state index in [1.807, 2.05) is 0 Å². The fourth-order valence-corrected chi connectivity index (χ4v) is 0.542. The van der Waals surface area contributed by atoms with Crippen LogP contribution in [-0.2, 0) is 9.53 Å². The number of rotatable bonds is 4. The molecule has 0 aromatic heterocycles. The highest BCUT2D eigenvalue weighted by atomic mass is 19.2. The third-order valence-electron chi connectivity index (χ3n) is 1.17. The normalized spacial score (nSPS) is 15.6. The molecule has 0 aliphatic rings. The van der Waals surface area contributed by atoms with Crippen LogP contribution >= 0.6 is 0 Å². The molecule has 2 unspecified atom stereocenters. The summed E-state index contributed by atoms with van der Waals surface area (Å²) in [6, 6.07) is 0. The molecule has 0 radical (unpaired) electrons. The van der Waals surface area contributed by atoms with Crippen LogP contribution in [0.2, 0.25) is 0 Å². The molecule has 2 nitrogen and oxygen atoms in total. The summed E-state index contributed by atoms with van der Waals surface area (Å²) in [6.07, 6.45) is -3.85. The molecule has 0 aliphatic carbocycles. The number of esters is 1. The molecule has 0 rings (SSSR count). The highest BCUT2D eigenvalue weighted by molar-refractivity contribution is 5.69. The molecule has 0 saturated carbocycles. The molecule has 0 aromatic carbocycles. The molecule has 4 heteroatoms. The first-order valence-corrected chi connectivity index (χ1v) is 3.51. The minimum Gasteiger partial charge on any atom is -0.466 e. The van der Waals surface area contributed by atoms with Crippen LogP contribution in [0.3, 0.4) is 0 Å². The molecule has 0 amide bonds. The topological polar surface area (TPSA) is 26.3 Å². The zero-order valence-electron chi connectivity index (χ0n) is 6.64. The van der Waals surface area contributed by atoms with Crippen molar-refractivity contribution in [2.45, 2.75) is 32.6 Å². The van der Waals surface area contributed by atoms with Crippen molar-refractivity contribution in [1.29, 1.82) is 0 Å². The molecule has 0 saturated heterocycles.